The second-order valence-electron chi connectivity index (χ2n) is 4.61. The van der Waals surface area contributed by atoms with Crippen molar-refractivity contribution in [3.05, 3.63) is 36.6 Å². The number of nitrogen functional groups attached to an aromatic ring is 1. The van der Waals surface area contributed by atoms with Gasteiger partial charge in [-0.25, -0.2) is 0 Å². The molecule has 0 amide bonds. The zero-order chi connectivity index (χ0) is 14.2. The first-order chi connectivity index (χ1) is 10.3. The van der Waals surface area contributed by atoms with Gasteiger partial charge < -0.3 is 24.1 Å². The molecular formula is C15H12N2O4. The van der Waals surface area contributed by atoms with Crippen LogP contribution in [0.5, 0.6) is 11.5 Å². The van der Waals surface area contributed by atoms with Crippen molar-refractivity contribution in [2.24, 2.45) is 0 Å². The number of hydrogen-bond acceptors (Lipinski definition) is 6. The molecule has 3 aromatic rings. The van der Waals surface area contributed by atoms with Gasteiger partial charge in [0.05, 0.1) is 11.8 Å². The zero-order valence-corrected chi connectivity index (χ0v) is 11.0. The third-order valence-corrected chi connectivity index (χ3v) is 3.29. The lowest BCUT2D eigenvalue weighted by Crippen LogP contribution is -2.15. The van der Waals surface area contributed by atoms with Crippen LogP contribution in [-0.2, 0) is 0 Å². The summed E-state index contributed by atoms with van der Waals surface area (Å²) in [4.78, 5) is 0. The van der Waals surface area contributed by atoms with Crippen molar-refractivity contribution in [3.63, 3.8) is 0 Å². The summed E-state index contributed by atoms with van der Waals surface area (Å²) in [5.41, 5.74) is 7.46. The molecule has 0 saturated carbocycles. The van der Waals surface area contributed by atoms with Gasteiger partial charge >= 0.3 is 0 Å². The molecule has 2 N–H and O–H groups in total. The summed E-state index contributed by atoms with van der Waals surface area (Å²) in [6, 6.07) is 9.18. The number of rotatable bonds is 2. The van der Waals surface area contributed by atoms with Crippen LogP contribution in [0.4, 0.5) is 5.82 Å². The molecular weight excluding hydrogens is 272 g/mol. The van der Waals surface area contributed by atoms with E-state index in [1.807, 2.05) is 18.2 Å². The van der Waals surface area contributed by atoms with E-state index < -0.39 is 0 Å². The van der Waals surface area contributed by atoms with Crippen molar-refractivity contribution < 1.29 is 18.4 Å². The lowest BCUT2D eigenvalue weighted by molar-refractivity contribution is 0.171. The number of furan rings is 1. The maximum Gasteiger partial charge on any atom is 0.212 e. The Morgan fingerprint density at radius 2 is 1.90 bits per heavy atom. The summed E-state index contributed by atoms with van der Waals surface area (Å²) in [5.74, 6) is 2.78. The van der Waals surface area contributed by atoms with Gasteiger partial charge in [0.1, 0.15) is 13.2 Å². The minimum atomic E-state index is 0.304. The third-order valence-electron chi connectivity index (χ3n) is 3.29. The normalized spacial score (nSPS) is 13.3. The van der Waals surface area contributed by atoms with Crippen molar-refractivity contribution in [1.82, 2.24) is 5.16 Å². The number of nitrogens with zero attached hydrogens (tertiary/aromatic N) is 1. The number of aromatic nitrogens is 1. The second-order valence-corrected chi connectivity index (χ2v) is 4.61. The molecule has 1 aliphatic heterocycles. The predicted octanol–water partition coefficient (Wildman–Crippen LogP) is 2.96. The minimum Gasteiger partial charge on any atom is -0.486 e. The predicted molar refractivity (Wildman–Crippen MR) is 75.0 cm³/mol. The van der Waals surface area contributed by atoms with Gasteiger partial charge in [0.2, 0.25) is 5.76 Å². The molecule has 1 aromatic carbocycles. The van der Waals surface area contributed by atoms with Crippen LogP contribution >= 0.6 is 0 Å². The van der Waals surface area contributed by atoms with Crippen molar-refractivity contribution in [2.75, 3.05) is 18.9 Å². The first-order valence-electron chi connectivity index (χ1n) is 6.52. The molecule has 0 atom stereocenters. The molecule has 6 heteroatoms. The summed E-state index contributed by atoms with van der Waals surface area (Å²) in [6.45, 7) is 1.08. The highest BCUT2D eigenvalue weighted by Crippen LogP contribution is 2.40. The molecule has 0 radical (unpaired) electrons. The van der Waals surface area contributed by atoms with Crippen molar-refractivity contribution >= 4 is 5.82 Å². The Morgan fingerprint density at radius 1 is 1.05 bits per heavy atom. The topological polar surface area (TPSA) is 83.7 Å². The van der Waals surface area contributed by atoms with Gasteiger partial charge in [0, 0.05) is 0 Å². The summed E-state index contributed by atoms with van der Waals surface area (Å²) < 4.78 is 21.8. The van der Waals surface area contributed by atoms with E-state index in [2.05, 4.69) is 5.16 Å². The van der Waals surface area contributed by atoms with E-state index in [1.54, 1.807) is 18.4 Å². The lowest BCUT2D eigenvalue weighted by Gasteiger charge is -2.18. The molecule has 0 saturated heterocycles. The fourth-order valence-electron chi connectivity index (χ4n) is 2.36. The highest BCUT2D eigenvalue weighted by Gasteiger charge is 2.21. The van der Waals surface area contributed by atoms with Gasteiger partial charge in [-0.3, -0.25) is 0 Å². The average molecular weight is 284 g/mol. The van der Waals surface area contributed by atoms with Crippen LogP contribution in [-0.4, -0.2) is 18.4 Å². The van der Waals surface area contributed by atoms with Gasteiger partial charge in [-0.2, -0.15) is 0 Å². The maximum atomic E-state index is 5.94. The van der Waals surface area contributed by atoms with Crippen LogP contribution in [0.25, 0.3) is 22.6 Å². The van der Waals surface area contributed by atoms with E-state index >= 15 is 0 Å². The molecule has 6 nitrogen and oxygen atoms in total. The lowest BCUT2D eigenvalue weighted by atomic mass is 10.0. The molecule has 0 unspecified atom stereocenters. The minimum absolute atomic E-state index is 0.304. The highest BCUT2D eigenvalue weighted by molar-refractivity contribution is 5.86. The Kier molecular flexibility index (Phi) is 2.60. The van der Waals surface area contributed by atoms with Crippen LogP contribution in [0, 0.1) is 0 Å². The van der Waals surface area contributed by atoms with Crippen LogP contribution in [0.15, 0.2) is 45.5 Å². The molecule has 106 valence electrons. The summed E-state index contributed by atoms with van der Waals surface area (Å²) in [7, 11) is 0. The van der Waals surface area contributed by atoms with Gasteiger partial charge in [0.15, 0.2) is 23.1 Å². The van der Waals surface area contributed by atoms with Crippen molar-refractivity contribution in [2.45, 2.75) is 0 Å². The largest absolute Gasteiger partial charge is 0.486 e. The monoisotopic (exact) mass is 284 g/mol. The first kappa shape index (κ1) is 11.9. The Labute approximate surface area is 120 Å². The van der Waals surface area contributed by atoms with Crippen LogP contribution in [0.3, 0.4) is 0 Å². The Balaban J connectivity index is 1.85. The van der Waals surface area contributed by atoms with Crippen LogP contribution in [0.2, 0.25) is 0 Å². The SMILES string of the molecule is Nc1noc(-c2ccco2)c1-c1ccc2c(c1)OCCO2. The molecule has 1 aliphatic rings. The zero-order valence-electron chi connectivity index (χ0n) is 11.0. The molecule has 0 spiro atoms. The molecule has 4 rings (SSSR count). The van der Waals surface area contributed by atoms with Crippen molar-refractivity contribution in [3.8, 4) is 34.1 Å². The van der Waals surface area contributed by atoms with Gasteiger partial charge in [-0.05, 0) is 29.8 Å². The molecule has 0 aliphatic carbocycles. The molecule has 21 heavy (non-hydrogen) atoms. The van der Waals surface area contributed by atoms with E-state index in [-0.39, 0.29) is 0 Å². The van der Waals surface area contributed by atoms with E-state index in [0.717, 1.165) is 11.3 Å². The molecule has 2 aromatic heterocycles. The van der Waals surface area contributed by atoms with E-state index in [0.29, 0.717) is 41.9 Å². The van der Waals surface area contributed by atoms with Crippen LogP contribution in [0.1, 0.15) is 0 Å². The van der Waals surface area contributed by atoms with E-state index in [4.69, 9.17) is 24.1 Å². The molecule has 3 heterocycles. The Morgan fingerprint density at radius 3 is 2.71 bits per heavy atom. The van der Waals surface area contributed by atoms with Gasteiger partial charge in [-0.15, -0.1) is 0 Å². The summed E-state index contributed by atoms with van der Waals surface area (Å²) >= 11 is 0. The van der Waals surface area contributed by atoms with Crippen molar-refractivity contribution in [1.29, 1.82) is 0 Å². The second kappa shape index (κ2) is 4.59. The standard InChI is InChI=1S/C15H12N2O4/c16-15-13(14(21-17-15)11-2-1-5-18-11)9-3-4-10-12(8-9)20-7-6-19-10/h1-5,8H,6-7H2,(H2,16,17). The summed E-state index contributed by atoms with van der Waals surface area (Å²) in [5, 5.41) is 3.83. The maximum absolute atomic E-state index is 5.94. The number of anilines is 1. The Hall–Kier alpha value is -2.89. The number of benzene rings is 1. The number of nitrogens with two attached hydrogens (primary N) is 1. The van der Waals surface area contributed by atoms with E-state index in [1.165, 1.54) is 0 Å². The Bertz CT molecular complexity index is 777. The van der Waals surface area contributed by atoms with Gasteiger partial charge in [0.25, 0.3) is 0 Å². The fourth-order valence-corrected chi connectivity index (χ4v) is 2.36. The molecule has 0 bridgehead atoms. The van der Waals surface area contributed by atoms with Crippen LogP contribution < -0.4 is 15.2 Å². The number of fused-ring (bicyclic) bond motifs is 1. The molecule has 0 fully saturated rings. The number of hydrogen-bond donors (Lipinski definition) is 1. The first-order valence-corrected chi connectivity index (χ1v) is 6.52. The van der Waals surface area contributed by atoms with Gasteiger partial charge in [-0.1, -0.05) is 11.2 Å². The number of ether oxygens (including phenoxy) is 2. The van der Waals surface area contributed by atoms with E-state index in [9.17, 15) is 0 Å². The third kappa shape index (κ3) is 1.92. The smallest absolute Gasteiger partial charge is 0.212 e. The average Bonchev–Trinajstić information content (AvgIpc) is 3.16. The summed E-state index contributed by atoms with van der Waals surface area (Å²) in [6.07, 6.45) is 1.57. The highest BCUT2D eigenvalue weighted by atomic mass is 16.6. The fraction of sp³-hybridized carbons (Fsp3) is 0.133. The quantitative estimate of drug-likeness (QED) is 0.778.